The molecule has 0 radical (unpaired) electrons. The summed E-state index contributed by atoms with van der Waals surface area (Å²) in [6.45, 7) is 1.70. The van der Waals surface area contributed by atoms with Crippen molar-refractivity contribution >= 4 is 34.8 Å². The fourth-order valence-corrected chi connectivity index (χ4v) is 2.58. The number of anilines is 1. The molecule has 0 fully saturated rings. The standard InChI is InChI=1S/C16H11Cl2FN4O/c1-9-20-15(16(24)21-12-5-3-11(19)4-6-12)22-23(9)14-7-2-10(17)8-13(14)18/h2-8H,1H3,(H,21,24). The first-order valence-corrected chi connectivity index (χ1v) is 7.65. The van der Waals surface area contributed by atoms with Gasteiger partial charge < -0.3 is 5.32 Å². The van der Waals surface area contributed by atoms with Crippen LogP contribution in [0, 0.1) is 12.7 Å². The molecule has 0 aliphatic carbocycles. The van der Waals surface area contributed by atoms with Crippen LogP contribution in [0.4, 0.5) is 10.1 Å². The molecule has 0 aliphatic heterocycles. The molecule has 0 aliphatic rings. The molecule has 0 saturated heterocycles. The summed E-state index contributed by atoms with van der Waals surface area (Å²) in [7, 11) is 0. The van der Waals surface area contributed by atoms with Crippen molar-refractivity contribution in [2.24, 2.45) is 0 Å². The maximum Gasteiger partial charge on any atom is 0.295 e. The van der Waals surface area contributed by atoms with Crippen LogP contribution in [-0.4, -0.2) is 20.7 Å². The number of carbonyl (C=O) groups excluding carboxylic acids is 1. The maximum atomic E-state index is 12.9. The molecule has 8 heteroatoms. The van der Waals surface area contributed by atoms with Crippen LogP contribution >= 0.6 is 23.2 Å². The van der Waals surface area contributed by atoms with Gasteiger partial charge in [-0.3, -0.25) is 4.79 Å². The quantitative estimate of drug-likeness (QED) is 0.754. The average molecular weight is 365 g/mol. The Labute approximate surface area is 147 Å². The summed E-state index contributed by atoms with van der Waals surface area (Å²) in [5, 5.41) is 7.67. The molecular formula is C16H11Cl2FN4O. The molecule has 0 spiro atoms. The smallest absolute Gasteiger partial charge is 0.295 e. The third-order valence-corrected chi connectivity index (χ3v) is 3.75. The van der Waals surface area contributed by atoms with Crippen LogP contribution in [0.2, 0.25) is 10.0 Å². The number of hydrogen-bond donors (Lipinski definition) is 1. The molecule has 24 heavy (non-hydrogen) atoms. The predicted molar refractivity (Wildman–Crippen MR) is 90.5 cm³/mol. The number of aryl methyl sites for hydroxylation is 1. The maximum absolute atomic E-state index is 12.9. The minimum Gasteiger partial charge on any atom is -0.319 e. The number of nitrogens with zero attached hydrogens (tertiary/aromatic N) is 3. The van der Waals surface area contributed by atoms with Crippen LogP contribution in [0.3, 0.4) is 0 Å². The minimum atomic E-state index is -0.506. The van der Waals surface area contributed by atoms with E-state index in [9.17, 15) is 9.18 Å². The Balaban J connectivity index is 1.88. The van der Waals surface area contributed by atoms with Crippen molar-refractivity contribution in [2.75, 3.05) is 5.32 Å². The summed E-state index contributed by atoms with van der Waals surface area (Å²) < 4.78 is 14.4. The number of halogens is 3. The lowest BCUT2D eigenvalue weighted by molar-refractivity contribution is 0.101. The summed E-state index contributed by atoms with van der Waals surface area (Å²) in [6, 6.07) is 10.3. The van der Waals surface area contributed by atoms with Crippen molar-refractivity contribution in [3.63, 3.8) is 0 Å². The molecule has 0 unspecified atom stereocenters. The van der Waals surface area contributed by atoms with E-state index in [-0.39, 0.29) is 11.6 Å². The molecule has 0 bridgehead atoms. The van der Waals surface area contributed by atoms with Crippen LogP contribution in [0.1, 0.15) is 16.4 Å². The lowest BCUT2D eigenvalue weighted by Crippen LogP contribution is -2.14. The van der Waals surface area contributed by atoms with E-state index in [2.05, 4.69) is 15.4 Å². The Morgan fingerprint density at radius 2 is 1.88 bits per heavy atom. The number of carbonyl (C=O) groups is 1. The number of benzene rings is 2. The summed E-state index contributed by atoms with van der Waals surface area (Å²) in [5.74, 6) is -0.427. The zero-order valence-electron chi connectivity index (χ0n) is 12.4. The molecular weight excluding hydrogens is 354 g/mol. The molecule has 122 valence electrons. The number of rotatable bonds is 3. The number of aromatic nitrogens is 3. The van der Waals surface area contributed by atoms with Crippen molar-refractivity contribution in [3.05, 3.63) is 70.0 Å². The molecule has 3 aromatic rings. The molecule has 1 amide bonds. The first-order chi connectivity index (χ1) is 11.4. The van der Waals surface area contributed by atoms with E-state index in [0.29, 0.717) is 27.2 Å². The Morgan fingerprint density at radius 1 is 1.17 bits per heavy atom. The molecule has 0 atom stereocenters. The topological polar surface area (TPSA) is 59.8 Å². The van der Waals surface area contributed by atoms with Gasteiger partial charge in [-0.1, -0.05) is 23.2 Å². The average Bonchev–Trinajstić information content (AvgIpc) is 2.91. The van der Waals surface area contributed by atoms with Gasteiger partial charge in [0.2, 0.25) is 5.82 Å². The summed E-state index contributed by atoms with van der Waals surface area (Å²) in [4.78, 5) is 16.4. The Kier molecular flexibility index (Phi) is 4.51. The summed E-state index contributed by atoms with van der Waals surface area (Å²) in [5.41, 5.74) is 1.01. The van der Waals surface area contributed by atoms with Crippen LogP contribution in [0.5, 0.6) is 0 Å². The van der Waals surface area contributed by atoms with Gasteiger partial charge >= 0.3 is 0 Å². The van der Waals surface area contributed by atoms with Gasteiger partial charge in [-0.05, 0) is 49.4 Å². The molecule has 2 aromatic carbocycles. The number of hydrogen-bond acceptors (Lipinski definition) is 3. The van der Waals surface area contributed by atoms with Gasteiger partial charge in [0.15, 0.2) is 0 Å². The second-order valence-electron chi connectivity index (χ2n) is 4.95. The molecule has 5 nitrogen and oxygen atoms in total. The van der Waals surface area contributed by atoms with E-state index >= 15 is 0 Å². The monoisotopic (exact) mass is 364 g/mol. The van der Waals surface area contributed by atoms with Crippen molar-refractivity contribution in [3.8, 4) is 5.69 Å². The predicted octanol–water partition coefficient (Wildman–Crippen LogP) is 4.27. The molecule has 1 N–H and O–H groups in total. The van der Waals surface area contributed by atoms with Crippen LogP contribution < -0.4 is 5.32 Å². The molecule has 1 aromatic heterocycles. The highest BCUT2D eigenvalue weighted by molar-refractivity contribution is 6.35. The normalized spacial score (nSPS) is 10.7. The fourth-order valence-electron chi connectivity index (χ4n) is 2.09. The third kappa shape index (κ3) is 3.39. The zero-order valence-corrected chi connectivity index (χ0v) is 13.9. The first-order valence-electron chi connectivity index (χ1n) is 6.90. The van der Waals surface area contributed by atoms with Gasteiger partial charge in [0.1, 0.15) is 11.6 Å². The highest BCUT2D eigenvalue weighted by Crippen LogP contribution is 2.24. The van der Waals surface area contributed by atoms with Gasteiger partial charge in [0.25, 0.3) is 5.91 Å². The van der Waals surface area contributed by atoms with E-state index < -0.39 is 5.91 Å². The van der Waals surface area contributed by atoms with E-state index in [4.69, 9.17) is 23.2 Å². The van der Waals surface area contributed by atoms with Crippen molar-refractivity contribution in [1.29, 1.82) is 0 Å². The van der Waals surface area contributed by atoms with Gasteiger partial charge in [-0.2, -0.15) is 0 Å². The molecule has 0 saturated carbocycles. The van der Waals surface area contributed by atoms with E-state index in [0.717, 1.165) is 0 Å². The zero-order chi connectivity index (χ0) is 17.3. The second-order valence-corrected chi connectivity index (χ2v) is 5.79. The number of amides is 1. The van der Waals surface area contributed by atoms with Gasteiger partial charge in [0, 0.05) is 10.7 Å². The van der Waals surface area contributed by atoms with Gasteiger partial charge in [-0.25, -0.2) is 14.1 Å². The van der Waals surface area contributed by atoms with E-state index in [1.807, 2.05) is 0 Å². The van der Waals surface area contributed by atoms with Crippen LogP contribution in [0.15, 0.2) is 42.5 Å². The highest BCUT2D eigenvalue weighted by Gasteiger charge is 2.17. The summed E-state index contributed by atoms with van der Waals surface area (Å²) >= 11 is 12.0. The lowest BCUT2D eigenvalue weighted by atomic mass is 10.3. The lowest BCUT2D eigenvalue weighted by Gasteiger charge is -2.05. The molecule has 1 heterocycles. The summed E-state index contributed by atoms with van der Waals surface area (Å²) in [6.07, 6.45) is 0. The third-order valence-electron chi connectivity index (χ3n) is 3.21. The van der Waals surface area contributed by atoms with Crippen LogP contribution in [-0.2, 0) is 0 Å². The number of nitrogens with one attached hydrogen (secondary N) is 1. The van der Waals surface area contributed by atoms with Gasteiger partial charge in [-0.15, -0.1) is 5.10 Å². The van der Waals surface area contributed by atoms with Crippen molar-refractivity contribution in [1.82, 2.24) is 14.8 Å². The van der Waals surface area contributed by atoms with E-state index in [1.54, 1.807) is 25.1 Å². The Hall–Kier alpha value is -2.44. The Bertz CT molecular complexity index is 909. The highest BCUT2D eigenvalue weighted by atomic mass is 35.5. The second kappa shape index (κ2) is 6.59. The fraction of sp³-hybridized carbons (Fsp3) is 0.0625. The van der Waals surface area contributed by atoms with Crippen LogP contribution in [0.25, 0.3) is 5.69 Å². The van der Waals surface area contributed by atoms with Gasteiger partial charge in [0.05, 0.1) is 10.7 Å². The SMILES string of the molecule is Cc1nc(C(=O)Nc2ccc(F)cc2)nn1-c1ccc(Cl)cc1Cl. The Morgan fingerprint density at radius 3 is 2.54 bits per heavy atom. The van der Waals surface area contributed by atoms with E-state index in [1.165, 1.54) is 28.9 Å². The van der Waals surface area contributed by atoms with Crippen molar-refractivity contribution < 1.29 is 9.18 Å². The first kappa shape index (κ1) is 16.4. The largest absolute Gasteiger partial charge is 0.319 e. The molecule has 3 rings (SSSR count). The van der Waals surface area contributed by atoms with Crippen molar-refractivity contribution in [2.45, 2.75) is 6.92 Å². The minimum absolute atomic E-state index is 0.0251.